The Balaban J connectivity index is 1.12. The summed E-state index contributed by atoms with van der Waals surface area (Å²) in [5.74, 6) is 1.11. The van der Waals surface area contributed by atoms with Gasteiger partial charge in [0.05, 0.1) is 22.2 Å². The molecule has 0 fully saturated rings. The van der Waals surface area contributed by atoms with Crippen LogP contribution < -0.4 is 10.4 Å². The summed E-state index contributed by atoms with van der Waals surface area (Å²) in [5, 5.41) is 13.0. The Kier molecular flexibility index (Phi) is 7.31. The molecule has 9 aromatic carbocycles. The molecule has 4 heteroatoms. The highest BCUT2D eigenvalue weighted by atomic mass is 16.3. The van der Waals surface area contributed by atoms with Gasteiger partial charge >= 0.3 is 0 Å². The summed E-state index contributed by atoms with van der Waals surface area (Å²) in [5.41, 5.74) is 11.7. The number of benzene rings is 9. The lowest BCUT2D eigenvalue weighted by molar-refractivity contribution is 0.669. The lowest BCUT2D eigenvalue weighted by Crippen LogP contribution is -2.31. The molecule has 61 heavy (non-hydrogen) atoms. The van der Waals surface area contributed by atoms with Crippen LogP contribution in [0.15, 0.2) is 186 Å². The molecule has 0 saturated carbocycles. The minimum absolute atomic E-state index is 0.475. The van der Waals surface area contributed by atoms with E-state index in [-0.39, 0.29) is 0 Å². The van der Waals surface area contributed by atoms with E-state index in [9.17, 15) is 0 Å². The summed E-state index contributed by atoms with van der Waals surface area (Å²) >= 11 is 0. The lowest BCUT2D eigenvalue weighted by atomic mass is 9.88. The highest BCUT2D eigenvalue weighted by Crippen LogP contribution is 2.46. The van der Waals surface area contributed by atoms with Crippen molar-refractivity contribution in [1.82, 2.24) is 14.5 Å². The Morgan fingerprint density at radius 3 is 1.98 bits per heavy atom. The van der Waals surface area contributed by atoms with Crippen LogP contribution in [-0.4, -0.2) is 14.5 Å². The van der Waals surface area contributed by atoms with Crippen LogP contribution in [0.2, 0.25) is 0 Å². The highest BCUT2D eigenvalue weighted by molar-refractivity contribution is 6.33. The Hall–Kier alpha value is -7.82. The van der Waals surface area contributed by atoms with Crippen molar-refractivity contribution in [2.75, 3.05) is 0 Å². The largest absolute Gasteiger partial charge is 0.456 e. The zero-order chi connectivity index (χ0) is 40.2. The number of fused-ring (bicyclic) bond motifs is 13. The molecule has 0 saturated heterocycles. The van der Waals surface area contributed by atoms with E-state index >= 15 is 0 Å². The number of hydrogen-bond acceptors (Lipinski definition) is 3. The van der Waals surface area contributed by atoms with Crippen LogP contribution in [0.1, 0.15) is 18.9 Å². The van der Waals surface area contributed by atoms with Gasteiger partial charge in [-0.15, -0.1) is 0 Å². The molecule has 0 N–H and O–H groups in total. The zero-order valence-corrected chi connectivity index (χ0v) is 33.4. The predicted molar refractivity (Wildman–Crippen MR) is 253 cm³/mol. The second-order valence-corrected chi connectivity index (χ2v) is 16.5. The summed E-state index contributed by atoms with van der Waals surface area (Å²) in [6.45, 7) is 2.31. The maximum absolute atomic E-state index is 6.30. The van der Waals surface area contributed by atoms with Crippen molar-refractivity contribution in [2.24, 2.45) is 5.92 Å². The van der Waals surface area contributed by atoms with Crippen LogP contribution in [0.5, 0.6) is 0 Å². The van der Waals surface area contributed by atoms with Crippen LogP contribution in [0.4, 0.5) is 0 Å². The molecule has 0 bridgehead atoms. The molecule has 1 aliphatic carbocycles. The van der Waals surface area contributed by atoms with Crippen molar-refractivity contribution in [2.45, 2.75) is 13.3 Å². The SMILES string of the molecule is CC1C=c2ccccc2=C(c2ccc(-c3nc(-n4c5c(-c6ccc7oc8ccccc8c7c6)cccc5c5c6ccccc6c6ccccc6c54)nc4ccccc34)cc2)C1. The first kappa shape index (κ1) is 34.1. The van der Waals surface area contributed by atoms with Gasteiger partial charge in [0.1, 0.15) is 11.2 Å². The Labute approximate surface area is 351 Å². The quantitative estimate of drug-likeness (QED) is 0.167. The van der Waals surface area contributed by atoms with Crippen molar-refractivity contribution in [3.8, 4) is 28.3 Å². The molecule has 1 atom stereocenters. The predicted octanol–water partition coefficient (Wildman–Crippen LogP) is 13.3. The maximum Gasteiger partial charge on any atom is 0.235 e. The Morgan fingerprint density at radius 1 is 0.492 bits per heavy atom. The number of furan rings is 1. The van der Waals surface area contributed by atoms with Gasteiger partial charge in [0.2, 0.25) is 5.95 Å². The molecule has 3 heterocycles. The first-order valence-electron chi connectivity index (χ1n) is 21.1. The molecular formula is C57H37N3O. The first-order valence-corrected chi connectivity index (χ1v) is 21.1. The van der Waals surface area contributed by atoms with Gasteiger partial charge in [-0.05, 0) is 79.9 Å². The van der Waals surface area contributed by atoms with E-state index in [4.69, 9.17) is 14.4 Å². The van der Waals surface area contributed by atoms with Gasteiger partial charge in [0.25, 0.3) is 0 Å². The fraction of sp³-hybridized carbons (Fsp3) is 0.0526. The number of rotatable bonds is 4. The molecule has 0 spiro atoms. The van der Waals surface area contributed by atoms with Crippen molar-refractivity contribution in [3.63, 3.8) is 0 Å². The molecule has 0 amide bonds. The summed E-state index contributed by atoms with van der Waals surface area (Å²) in [6.07, 6.45) is 3.41. The number of nitrogens with zero attached hydrogens (tertiary/aromatic N) is 3. The Bertz CT molecular complexity index is 3930. The van der Waals surface area contributed by atoms with Gasteiger partial charge in [-0.3, -0.25) is 4.57 Å². The topological polar surface area (TPSA) is 43.9 Å². The van der Waals surface area contributed by atoms with E-state index in [0.29, 0.717) is 11.9 Å². The zero-order valence-electron chi connectivity index (χ0n) is 33.4. The monoisotopic (exact) mass is 779 g/mol. The normalized spacial score (nSPS) is 14.2. The fourth-order valence-corrected chi connectivity index (χ4v) is 10.3. The summed E-state index contributed by atoms with van der Waals surface area (Å²) in [7, 11) is 0. The maximum atomic E-state index is 6.30. The van der Waals surface area contributed by atoms with E-state index in [1.807, 2.05) is 12.1 Å². The van der Waals surface area contributed by atoms with Crippen molar-refractivity contribution < 1.29 is 4.42 Å². The number of hydrogen-bond donors (Lipinski definition) is 0. The van der Waals surface area contributed by atoms with Gasteiger partial charge in [0.15, 0.2) is 0 Å². The average molecular weight is 780 g/mol. The molecule has 12 aromatic rings. The van der Waals surface area contributed by atoms with E-state index in [1.165, 1.54) is 43.1 Å². The average Bonchev–Trinajstić information content (AvgIpc) is 3.87. The van der Waals surface area contributed by atoms with Crippen LogP contribution >= 0.6 is 0 Å². The summed E-state index contributed by atoms with van der Waals surface area (Å²) in [4.78, 5) is 11.1. The van der Waals surface area contributed by atoms with E-state index < -0.39 is 0 Å². The van der Waals surface area contributed by atoms with E-state index in [1.54, 1.807) is 0 Å². The van der Waals surface area contributed by atoms with Gasteiger partial charge in [-0.25, -0.2) is 9.97 Å². The van der Waals surface area contributed by atoms with E-state index in [2.05, 4.69) is 187 Å². The third kappa shape index (κ3) is 5.12. The molecule has 1 unspecified atom stereocenters. The first-order chi connectivity index (χ1) is 30.2. The van der Waals surface area contributed by atoms with Crippen molar-refractivity contribution in [1.29, 1.82) is 0 Å². The summed E-state index contributed by atoms with van der Waals surface area (Å²) < 4.78 is 8.65. The highest BCUT2D eigenvalue weighted by Gasteiger charge is 2.24. The molecule has 286 valence electrons. The fourth-order valence-electron chi connectivity index (χ4n) is 10.3. The third-order valence-corrected chi connectivity index (χ3v) is 12.9. The van der Waals surface area contributed by atoms with Crippen molar-refractivity contribution in [3.05, 3.63) is 198 Å². The van der Waals surface area contributed by atoms with Crippen LogP contribution in [0.3, 0.4) is 0 Å². The molecule has 4 nitrogen and oxygen atoms in total. The molecule has 3 aromatic heterocycles. The lowest BCUT2D eigenvalue weighted by Gasteiger charge is -2.17. The van der Waals surface area contributed by atoms with Crippen LogP contribution in [0, 0.1) is 5.92 Å². The third-order valence-electron chi connectivity index (χ3n) is 12.9. The van der Waals surface area contributed by atoms with Gasteiger partial charge < -0.3 is 4.42 Å². The van der Waals surface area contributed by atoms with Gasteiger partial charge in [-0.2, -0.15) is 0 Å². The van der Waals surface area contributed by atoms with Crippen LogP contribution in [-0.2, 0) is 0 Å². The second-order valence-electron chi connectivity index (χ2n) is 16.5. The molecule has 13 rings (SSSR count). The minimum atomic E-state index is 0.475. The molecule has 0 aliphatic heterocycles. The number of aromatic nitrogens is 3. The van der Waals surface area contributed by atoms with Gasteiger partial charge in [0, 0.05) is 43.4 Å². The smallest absolute Gasteiger partial charge is 0.235 e. The van der Waals surface area contributed by atoms with Crippen molar-refractivity contribution >= 4 is 87.8 Å². The molecular weight excluding hydrogens is 743 g/mol. The number of para-hydroxylation sites is 3. The molecule has 1 aliphatic rings. The van der Waals surface area contributed by atoms with Gasteiger partial charge in [-0.1, -0.05) is 171 Å². The second kappa shape index (κ2) is 13.1. The van der Waals surface area contributed by atoms with E-state index in [0.717, 1.165) is 83.5 Å². The molecule has 0 radical (unpaired) electrons. The minimum Gasteiger partial charge on any atom is -0.456 e. The Morgan fingerprint density at radius 2 is 1.13 bits per heavy atom. The summed E-state index contributed by atoms with van der Waals surface area (Å²) in [6, 6.07) is 65.4. The standard InChI is InChI=1S/C57H37N3O/c1-34-31-37-13-2-3-14-39(37)48(32-34)35-25-27-36(28-26-35)54-46-20-8-10-23-50(46)58-57(59-54)60-55-40(38-29-30-52-49(33-38)43-17-9-11-24-51(43)61-52)21-12-22-47(55)53-44-18-6-4-15-41(44)42-16-5-7-19-45(42)56(53)60/h2-31,33-34H,32H2,1H3. The van der Waals surface area contributed by atoms with Crippen LogP contribution in [0.25, 0.3) is 116 Å².